The van der Waals surface area contributed by atoms with Gasteiger partial charge in [0.1, 0.15) is 0 Å². The van der Waals surface area contributed by atoms with Crippen molar-refractivity contribution in [2.24, 2.45) is 7.05 Å². The maximum Gasteiger partial charge on any atom is 0.0827 e. The third kappa shape index (κ3) is 2.39. The summed E-state index contributed by atoms with van der Waals surface area (Å²) >= 11 is 0. The molecule has 0 spiro atoms. The van der Waals surface area contributed by atoms with Gasteiger partial charge in [0.05, 0.1) is 17.1 Å². The van der Waals surface area contributed by atoms with E-state index in [4.69, 9.17) is 0 Å². The fraction of sp³-hybridized carbons (Fsp3) is 0.769. The second-order valence-electron chi connectivity index (χ2n) is 5.00. The Kier molecular flexibility index (Phi) is 3.52. The molecule has 1 N–H and O–H groups in total. The Labute approximate surface area is 98.2 Å². The number of aryl methyl sites for hydroxylation is 2. The SMILES string of the molecule is Cc1nn(C)c(C)c1NC1CCCCCC1. The molecule has 16 heavy (non-hydrogen) atoms. The van der Waals surface area contributed by atoms with Crippen LogP contribution in [-0.4, -0.2) is 15.8 Å². The summed E-state index contributed by atoms with van der Waals surface area (Å²) in [5.74, 6) is 0. The van der Waals surface area contributed by atoms with Crippen molar-refractivity contribution in [3.63, 3.8) is 0 Å². The molecule has 0 atom stereocenters. The van der Waals surface area contributed by atoms with E-state index >= 15 is 0 Å². The first-order valence-electron chi connectivity index (χ1n) is 6.45. The van der Waals surface area contributed by atoms with E-state index in [0.717, 1.165) is 5.69 Å². The number of aromatic nitrogens is 2. The molecular weight excluding hydrogens is 198 g/mol. The Morgan fingerprint density at radius 2 is 1.75 bits per heavy atom. The number of nitrogens with zero attached hydrogens (tertiary/aromatic N) is 2. The zero-order chi connectivity index (χ0) is 11.5. The molecule has 0 radical (unpaired) electrons. The Morgan fingerprint density at radius 1 is 1.12 bits per heavy atom. The first-order valence-corrected chi connectivity index (χ1v) is 6.45. The van der Waals surface area contributed by atoms with Gasteiger partial charge in [-0.15, -0.1) is 0 Å². The molecule has 1 aliphatic rings. The van der Waals surface area contributed by atoms with E-state index < -0.39 is 0 Å². The highest BCUT2D eigenvalue weighted by Gasteiger charge is 2.16. The number of nitrogens with one attached hydrogen (secondary N) is 1. The van der Waals surface area contributed by atoms with Gasteiger partial charge in [0.15, 0.2) is 0 Å². The van der Waals surface area contributed by atoms with E-state index in [0.29, 0.717) is 6.04 Å². The van der Waals surface area contributed by atoms with E-state index in [9.17, 15) is 0 Å². The van der Waals surface area contributed by atoms with Gasteiger partial charge >= 0.3 is 0 Å². The van der Waals surface area contributed by atoms with Gasteiger partial charge in [0.2, 0.25) is 0 Å². The van der Waals surface area contributed by atoms with Crippen LogP contribution in [0.15, 0.2) is 0 Å². The minimum absolute atomic E-state index is 0.657. The van der Waals surface area contributed by atoms with Gasteiger partial charge in [-0.1, -0.05) is 25.7 Å². The van der Waals surface area contributed by atoms with Crippen molar-refractivity contribution in [2.45, 2.75) is 58.4 Å². The highest BCUT2D eigenvalue weighted by atomic mass is 15.3. The van der Waals surface area contributed by atoms with E-state index in [-0.39, 0.29) is 0 Å². The summed E-state index contributed by atoms with van der Waals surface area (Å²) in [5, 5.41) is 8.15. The molecule has 3 heteroatoms. The fourth-order valence-electron chi connectivity index (χ4n) is 2.61. The molecule has 1 aliphatic carbocycles. The molecule has 1 heterocycles. The molecule has 1 saturated carbocycles. The smallest absolute Gasteiger partial charge is 0.0827 e. The predicted molar refractivity (Wildman–Crippen MR) is 67.8 cm³/mol. The number of rotatable bonds is 2. The van der Waals surface area contributed by atoms with Crippen molar-refractivity contribution >= 4 is 5.69 Å². The fourth-order valence-corrected chi connectivity index (χ4v) is 2.61. The molecule has 2 rings (SSSR count). The summed E-state index contributed by atoms with van der Waals surface area (Å²) in [4.78, 5) is 0. The Hall–Kier alpha value is -0.990. The lowest BCUT2D eigenvalue weighted by molar-refractivity contribution is 0.619. The third-order valence-electron chi connectivity index (χ3n) is 3.71. The van der Waals surface area contributed by atoms with E-state index in [1.165, 1.54) is 49.9 Å². The quantitative estimate of drug-likeness (QED) is 0.777. The zero-order valence-corrected chi connectivity index (χ0v) is 10.7. The van der Waals surface area contributed by atoms with Gasteiger partial charge in [0, 0.05) is 13.1 Å². The average molecular weight is 221 g/mol. The van der Waals surface area contributed by atoms with Gasteiger partial charge in [-0.05, 0) is 26.7 Å². The lowest BCUT2D eigenvalue weighted by Gasteiger charge is -2.17. The molecule has 1 aromatic rings. The van der Waals surface area contributed by atoms with Crippen molar-refractivity contribution in [3.8, 4) is 0 Å². The van der Waals surface area contributed by atoms with E-state index in [1.54, 1.807) is 0 Å². The van der Waals surface area contributed by atoms with Crippen LogP contribution < -0.4 is 5.32 Å². The second-order valence-corrected chi connectivity index (χ2v) is 5.00. The van der Waals surface area contributed by atoms with Crippen LogP contribution in [0.4, 0.5) is 5.69 Å². The van der Waals surface area contributed by atoms with Crippen LogP contribution in [0.2, 0.25) is 0 Å². The second kappa shape index (κ2) is 4.89. The molecule has 1 fully saturated rings. The molecule has 0 aromatic carbocycles. The zero-order valence-electron chi connectivity index (χ0n) is 10.7. The van der Waals surface area contributed by atoms with Crippen LogP contribution >= 0.6 is 0 Å². The van der Waals surface area contributed by atoms with Crippen LogP contribution in [0.25, 0.3) is 0 Å². The molecular formula is C13H23N3. The first-order chi connectivity index (χ1) is 7.68. The Bertz CT molecular complexity index is 346. The van der Waals surface area contributed by atoms with Gasteiger partial charge in [-0.25, -0.2) is 0 Å². The highest BCUT2D eigenvalue weighted by Crippen LogP contribution is 2.24. The molecule has 3 nitrogen and oxygen atoms in total. The minimum Gasteiger partial charge on any atom is -0.379 e. The normalized spacial score (nSPS) is 18.4. The summed E-state index contributed by atoms with van der Waals surface area (Å²) in [6, 6.07) is 0.657. The van der Waals surface area contributed by atoms with Crippen molar-refractivity contribution in [2.75, 3.05) is 5.32 Å². The first kappa shape index (κ1) is 11.5. The molecule has 90 valence electrons. The summed E-state index contributed by atoms with van der Waals surface area (Å²) in [6.07, 6.45) is 8.18. The van der Waals surface area contributed by atoms with Gasteiger partial charge < -0.3 is 5.32 Å². The standard InChI is InChI=1S/C13H23N3/c1-10-13(11(2)16(3)15-10)14-12-8-6-4-5-7-9-12/h12,14H,4-9H2,1-3H3. The maximum atomic E-state index is 4.45. The average Bonchev–Trinajstić information content (AvgIpc) is 2.51. The molecule has 1 aromatic heterocycles. The minimum atomic E-state index is 0.657. The summed E-state index contributed by atoms with van der Waals surface area (Å²) in [6.45, 7) is 4.23. The summed E-state index contributed by atoms with van der Waals surface area (Å²) in [5.41, 5.74) is 3.64. The summed E-state index contributed by atoms with van der Waals surface area (Å²) < 4.78 is 1.97. The third-order valence-corrected chi connectivity index (χ3v) is 3.71. The van der Waals surface area contributed by atoms with Crippen LogP contribution in [0.1, 0.15) is 49.9 Å². The van der Waals surface area contributed by atoms with E-state index in [2.05, 4.69) is 24.3 Å². The maximum absolute atomic E-state index is 4.45. The monoisotopic (exact) mass is 221 g/mol. The van der Waals surface area contributed by atoms with Crippen LogP contribution in [0.5, 0.6) is 0 Å². The molecule has 0 unspecified atom stereocenters. The summed E-state index contributed by atoms with van der Waals surface area (Å²) in [7, 11) is 2.01. The number of hydrogen-bond donors (Lipinski definition) is 1. The predicted octanol–water partition coefficient (Wildman–Crippen LogP) is 3.17. The van der Waals surface area contributed by atoms with Crippen molar-refractivity contribution < 1.29 is 0 Å². The molecule has 0 saturated heterocycles. The molecule has 0 amide bonds. The number of anilines is 1. The van der Waals surface area contributed by atoms with Crippen LogP contribution in [-0.2, 0) is 7.05 Å². The van der Waals surface area contributed by atoms with E-state index in [1.807, 2.05) is 11.7 Å². The van der Waals surface area contributed by atoms with Gasteiger partial charge in [0.25, 0.3) is 0 Å². The molecule has 0 bridgehead atoms. The van der Waals surface area contributed by atoms with Crippen molar-refractivity contribution in [3.05, 3.63) is 11.4 Å². The largest absolute Gasteiger partial charge is 0.379 e. The number of hydrogen-bond acceptors (Lipinski definition) is 2. The van der Waals surface area contributed by atoms with Crippen LogP contribution in [0, 0.1) is 13.8 Å². The van der Waals surface area contributed by atoms with Gasteiger partial charge in [-0.3, -0.25) is 4.68 Å². The Balaban J connectivity index is 2.07. The Morgan fingerprint density at radius 3 is 2.25 bits per heavy atom. The topological polar surface area (TPSA) is 29.9 Å². The lowest BCUT2D eigenvalue weighted by Crippen LogP contribution is -2.19. The van der Waals surface area contributed by atoms with Crippen molar-refractivity contribution in [1.29, 1.82) is 0 Å². The highest BCUT2D eigenvalue weighted by molar-refractivity contribution is 5.52. The van der Waals surface area contributed by atoms with Crippen molar-refractivity contribution in [1.82, 2.24) is 9.78 Å². The molecule has 0 aliphatic heterocycles. The van der Waals surface area contributed by atoms with Gasteiger partial charge in [-0.2, -0.15) is 5.10 Å². The van der Waals surface area contributed by atoms with Crippen LogP contribution in [0.3, 0.4) is 0 Å². The lowest BCUT2D eigenvalue weighted by atomic mass is 10.1.